The Morgan fingerprint density at radius 1 is 1.05 bits per heavy atom. The number of carbonyl (C=O) groups is 2. The van der Waals surface area contributed by atoms with Crippen molar-refractivity contribution >= 4 is 17.5 Å². The average Bonchev–Trinajstić information content (AvgIpc) is 2.44. The quantitative estimate of drug-likeness (QED) is 0.814. The first-order valence-corrected chi connectivity index (χ1v) is 7.23. The highest BCUT2D eigenvalue weighted by Crippen LogP contribution is 2.23. The molecule has 1 fully saturated rings. The lowest BCUT2D eigenvalue weighted by Crippen LogP contribution is -2.43. The molecule has 2 N–H and O–H groups in total. The van der Waals surface area contributed by atoms with Crippen molar-refractivity contribution in [1.29, 1.82) is 0 Å². The monoisotopic (exact) mass is 274 g/mol. The normalized spacial score (nSPS) is 22.1. The van der Waals surface area contributed by atoms with Crippen molar-refractivity contribution in [2.45, 2.75) is 45.6 Å². The highest BCUT2D eigenvalue weighted by molar-refractivity contribution is 6.39. The fourth-order valence-corrected chi connectivity index (χ4v) is 2.55. The highest BCUT2D eigenvalue weighted by atomic mass is 16.2. The van der Waals surface area contributed by atoms with Crippen molar-refractivity contribution in [1.82, 2.24) is 5.32 Å². The standard InChI is InChI=1S/C16H22N2O2/c1-11-7-9-13(10-8-11)17-15(19)16(20)18-14-6-4-3-5-12(14)2/h3-6,11,13H,7-10H2,1-2H3,(H,17,19)(H,18,20). The van der Waals surface area contributed by atoms with E-state index in [2.05, 4.69) is 17.6 Å². The zero-order valence-electron chi connectivity index (χ0n) is 12.1. The lowest BCUT2D eigenvalue weighted by atomic mass is 9.87. The molecule has 1 saturated carbocycles. The second-order valence-electron chi connectivity index (χ2n) is 5.70. The lowest BCUT2D eigenvalue weighted by Gasteiger charge is -2.26. The van der Waals surface area contributed by atoms with E-state index in [4.69, 9.17) is 0 Å². The van der Waals surface area contributed by atoms with Gasteiger partial charge in [0.2, 0.25) is 0 Å². The van der Waals surface area contributed by atoms with Crippen LogP contribution in [0.4, 0.5) is 5.69 Å². The number of benzene rings is 1. The number of amides is 2. The molecule has 1 aliphatic rings. The van der Waals surface area contributed by atoms with Gasteiger partial charge in [0.15, 0.2) is 0 Å². The molecule has 0 atom stereocenters. The van der Waals surface area contributed by atoms with Gasteiger partial charge in [-0.15, -0.1) is 0 Å². The topological polar surface area (TPSA) is 58.2 Å². The van der Waals surface area contributed by atoms with E-state index in [-0.39, 0.29) is 6.04 Å². The third kappa shape index (κ3) is 3.83. The lowest BCUT2D eigenvalue weighted by molar-refractivity contribution is -0.136. The van der Waals surface area contributed by atoms with Crippen LogP contribution in [0.3, 0.4) is 0 Å². The minimum atomic E-state index is -0.585. The Kier molecular flexibility index (Phi) is 4.77. The van der Waals surface area contributed by atoms with Crippen molar-refractivity contribution < 1.29 is 9.59 Å². The van der Waals surface area contributed by atoms with Crippen LogP contribution in [0.25, 0.3) is 0 Å². The molecule has 1 aromatic carbocycles. The molecular formula is C16H22N2O2. The summed E-state index contributed by atoms with van der Waals surface area (Å²) in [6.45, 7) is 4.12. The number of aryl methyl sites for hydroxylation is 1. The predicted molar refractivity (Wildman–Crippen MR) is 79.4 cm³/mol. The van der Waals surface area contributed by atoms with E-state index in [1.54, 1.807) is 6.07 Å². The van der Waals surface area contributed by atoms with Crippen molar-refractivity contribution in [3.05, 3.63) is 29.8 Å². The molecule has 2 rings (SSSR count). The molecule has 0 bridgehead atoms. The van der Waals surface area contributed by atoms with E-state index in [0.717, 1.165) is 37.2 Å². The Morgan fingerprint density at radius 2 is 1.70 bits per heavy atom. The summed E-state index contributed by atoms with van der Waals surface area (Å²) in [6, 6.07) is 7.57. The minimum absolute atomic E-state index is 0.140. The van der Waals surface area contributed by atoms with Gasteiger partial charge in [-0.2, -0.15) is 0 Å². The molecule has 0 aromatic heterocycles. The summed E-state index contributed by atoms with van der Waals surface area (Å²) < 4.78 is 0. The zero-order chi connectivity index (χ0) is 14.5. The number of carbonyl (C=O) groups excluding carboxylic acids is 2. The molecule has 0 unspecified atom stereocenters. The van der Waals surface area contributed by atoms with E-state index in [1.807, 2.05) is 25.1 Å². The van der Waals surface area contributed by atoms with Gasteiger partial charge in [-0.05, 0) is 50.2 Å². The number of nitrogens with one attached hydrogen (secondary N) is 2. The number of hydrogen-bond donors (Lipinski definition) is 2. The van der Waals surface area contributed by atoms with Crippen LogP contribution in [0.5, 0.6) is 0 Å². The summed E-state index contributed by atoms with van der Waals surface area (Å²) in [5, 5.41) is 5.49. The fourth-order valence-electron chi connectivity index (χ4n) is 2.55. The summed E-state index contributed by atoms with van der Waals surface area (Å²) in [7, 11) is 0. The fraction of sp³-hybridized carbons (Fsp3) is 0.500. The van der Waals surface area contributed by atoms with Gasteiger partial charge in [0.25, 0.3) is 0 Å². The van der Waals surface area contributed by atoms with Crippen molar-refractivity contribution in [3.63, 3.8) is 0 Å². The van der Waals surface area contributed by atoms with Gasteiger partial charge >= 0.3 is 11.8 Å². The Bertz CT molecular complexity index is 491. The molecule has 1 aromatic rings. The first-order valence-electron chi connectivity index (χ1n) is 7.23. The molecule has 4 nitrogen and oxygen atoms in total. The molecule has 2 amide bonds. The minimum Gasteiger partial charge on any atom is -0.345 e. The molecule has 0 spiro atoms. The third-order valence-corrected chi connectivity index (χ3v) is 3.95. The van der Waals surface area contributed by atoms with Crippen LogP contribution in [0.15, 0.2) is 24.3 Å². The summed E-state index contributed by atoms with van der Waals surface area (Å²) in [6.07, 6.45) is 4.16. The van der Waals surface area contributed by atoms with Crippen LogP contribution < -0.4 is 10.6 Å². The summed E-state index contributed by atoms with van der Waals surface area (Å²) >= 11 is 0. The van der Waals surface area contributed by atoms with Gasteiger partial charge in [-0.3, -0.25) is 9.59 Å². The molecule has 0 saturated heterocycles. The Labute approximate surface area is 119 Å². The Morgan fingerprint density at radius 3 is 2.35 bits per heavy atom. The molecule has 0 heterocycles. The Hall–Kier alpha value is -1.84. The van der Waals surface area contributed by atoms with Gasteiger partial charge in [0.05, 0.1) is 0 Å². The molecule has 20 heavy (non-hydrogen) atoms. The maximum atomic E-state index is 11.9. The van der Waals surface area contributed by atoms with Crippen molar-refractivity contribution in [2.75, 3.05) is 5.32 Å². The van der Waals surface area contributed by atoms with Gasteiger partial charge in [-0.1, -0.05) is 25.1 Å². The van der Waals surface area contributed by atoms with Gasteiger partial charge in [-0.25, -0.2) is 0 Å². The van der Waals surface area contributed by atoms with Crippen LogP contribution in [0.1, 0.15) is 38.2 Å². The maximum Gasteiger partial charge on any atom is 0.313 e. The molecule has 1 aliphatic carbocycles. The number of rotatable bonds is 2. The zero-order valence-corrected chi connectivity index (χ0v) is 12.1. The highest BCUT2D eigenvalue weighted by Gasteiger charge is 2.22. The average molecular weight is 274 g/mol. The largest absolute Gasteiger partial charge is 0.345 e. The first kappa shape index (κ1) is 14.6. The first-order chi connectivity index (χ1) is 9.56. The second kappa shape index (κ2) is 6.55. The number of anilines is 1. The molecular weight excluding hydrogens is 252 g/mol. The number of hydrogen-bond acceptors (Lipinski definition) is 2. The number of para-hydroxylation sites is 1. The van der Waals surface area contributed by atoms with Crippen LogP contribution in [0, 0.1) is 12.8 Å². The SMILES string of the molecule is Cc1ccccc1NC(=O)C(=O)NC1CCC(C)CC1. The van der Waals surface area contributed by atoms with Crippen molar-refractivity contribution in [3.8, 4) is 0 Å². The van der Waals surface area contributed by atoms with Gasteiger partial charge < -0.3 is 10.6 Å². The van der Waals surface area contributed by atoms with Gasteiger partial charge in [0, 0.05) is 11.7 Å². The van der Waals surface area contributed by atoms with Crippen LogP contribution in [0.2, 0.25) is 0 Å². The van der Waals surface area contributed by atoms with Crippen LogP contribution >= 0.6 is 0 Å². The van der Waals surface area contributed by atoms with E-state index < -0.39 is 11.8 Å². The van der Waals surface area contributed by atoms with Crippen molar-refractivity contribution in [2.24, 2.45) is 5.92 Å². The molecule has 4 heteroatoms. The smallest absolute Gasteiger partial charge is 0.313 e. The van der Waals surface area contributed by atoms with E-state index in [0.29, 0.717) is 5.69 Å². The third-order valence-electron chi connectivity index (χ3n) is 3.95. The molecule has 108 valence electrons. The van der Waals surface area contributed by atoms with Crippen LogP contribution in [-0.2, 0) is 9.59 Å². The predicted octanol–water partition coefficient (Wildman–Crippen LogP) is 2.63. The Balaban J connectivity index is 1.86. The second-order valence-corrected chi connectivity index (χ2v) is 5.70. The van der Waals surface area contributed by atoms with Crippen LogP contribution in [-0.4, -0.2) is 17.9 Å². The molecule has 0 aliphatic heterocycles. The summed E-state index contributed by atoms with van der Waals surface area (Å²) in [5.41, 5.74) is 1.63. The van der Waals surface area contributed by atoms with E-state index in [9.17, 15) is 9.59 Å². The summed E-state index contributed by atoms with van der Waals surface area (Å²) in [5.74, 6) is -0.394. The molecule has 0 radical (unpaired) electrons. The van der Waals surface area contributed by atoms with E-state index in [1.165, 1.54) is 0 Å². The van der Waals surface area contributed by atoms with Gasteiger partial charge in [0.1, 0.15) is 0 Å². The van der Waals surface area contributed by atoms with E-state index >= 15 is 0 Å². The summed E-state index contributed by atoms with van der Waals surface area (Å²) in [4.78, 5) is 23.8. The maximum absolute atomic E-state index is 11.9.